The molecule has 5 N–H and O–H groups in total. The lowest BCUT2D eigenvalue weighted by Crippen LogP contribution is -2.67. The summed E-state index contributed by atoms with van der Waals surface area (Å²) in [4.78, 5) is 14.5. The molecule has 3 aromatic carbocycles. The molecule has 2 saturated carbocycles. The van der Waals surface area contributed by atoms with Crippen molar-refractivity contribution in [2.75, 3.05) is 16.0 Å². The maximum atomic E-state index is 14.5. The molecule has 5 unspecified atom stereocenters. The van der Waals surface area contributed by atoms with Crippen molar-refractivity contribution in [2.45, 2.75) is 90.0 Å². The number of hydrogen-bond acceptors (Lipinski definition) is 6. The van der Waals surface area contributed by atoms with Crippen molar-refractivity contribution in [1.82, 2.24) is 5.32 Å². The van der Waals surface area contributed by atoms with Crippen molar-refractivity contribution >= 4 is 50.8 Å². The predicted molar refractivity (Wildman–Crippen MR) is 192 cm³/mol. The number of aliphatic hydroxyl groups excluding tert-OH is 1. The maximum Gasteiger partial charge on any atom is 0.201 e. The fraction of sp³-hybridized carbons (Fsp3) is 0.439. The van der Waals surface area contributed by atoms with Gasteiger partial charge in [-0.2, -0.15) is 0 Å². The number of allylic oxidation sites excluding steroid dienone is 3. The van der Waals surface area contributed by atoms with E-state index in [4.69, 9.17) is 0 Å². The molecule has 0 amide bonds. The molecule has 0 radical (unpaired) electrons. The van der Waals surface area contributed by atoms with Gasteiger partial charge in [0.2, 0.25) is 5.78 Å². The number of rotatable bonds is 1. The van der Waals surface area contributed by atoms with Gasteiger partial charge in [-0.1, -0.05) is 82.3 Å². The highest BCUT2D eigenvalue weighted by Crippen LogP contribution is 2.51. The highest BCUT2D eigenvalue weighted by atomic mass is 16.3. The van der Waals surface area contributed by atoms with Crippen LogP contribution in [0.5, 0.6) is 0 Å². The molecule has 2 fully saturated rings. The van der Waals surface area contributed by atoms with Crippen LogP contribution in [-0.2, 0) is 10.3 Å². The van der Waals surface area contributed by atoms with Crippen LogP contribution in [0.4, 0.5) is 17.1 Å². The fourth-order valence-electron chi connectivity index (χ4n) is 10.9. The highest BCUT2D eigenvalue weighted by Gasteiger charge is 2.49. The van der Waals surface area contributed by atoms with Gasteiger partial charge in [0.05, 0.1) is 28.0 Å². The largest absolute Gasteiger partial charge is 0.506 e. The Balaban J connectivity index is 1.23. The molecule has 2 heterocycles. The molecule has 0 saturated heterocycles. The quantitative estimate of drug-likeness (QED) is 0.196. The lowest BCUT2D eigenvalue weighted by atomic mass is 9.71. The number of anilines is 3. The van der Waals surface area contributed by atoms with Gasteiger partial charge in [0.15, 0.2) is 0 Å². The Labute approximate surface area is 277 Å². The van der Waals surface area contributed by atoms with Gasteiger partial charge in [0.1, 0.15) is 11.4 Å². The Kier molecular flexibility index (Phi) is 6.05. The van der Waals surface area contributed by atoms with Crippen LogP contribution < -0.4 is 31.7 Å². The van der Waals surface area contributed by atoms with E-state index in [1.165, 1.54) is 12.8 Å². The monoisotopic (exact) mass is 626 g/mol. The third-order valence-corrected chi connectivity index (χ3v) is 12.0. The predicted octanol–water partition coefficient (Wildman–Crippen LogP) is 7.27. The van der Waals surface area contributed by atoms with Gasteiger partial charge in [-0.3, -0.25) is 10.1 Å². The standard InChI is InChI=1S/C41H46N4O2/c1-22-16-23(2)19-40(18-22)42-30-10-6-8-26-11-13-28(35(43-40)31(26)30)32-37(46)33(38(32)47)29-14-12-27-9-7-15-39(5)34(27)36(29)44-41(45-39)20-24(3)17-25(4)21-41/h6-15,22-25,42-46H,16-21H2,1-5H3/b33-29+. The summed E-state index contributed by atoms with van der Waals surface area (Å²) in [5.41, 5.74) is 4.83. The summed E-state index contributed by atoms with van der Waals surface area (Å²) in [6.45, 7) is 11.6. The molecule has 2 spiro atoms. The van der Waals surface area contributed by atoms with Gasteiger partial charge in [-0.15, -0.1) is 0 Å². The zero-order valence-electron chi connectivity index (χ0n) is 28.2. The molecule has 3 aromatic rings. The second-order valence-electron chi connectivity index (χ2n) is 16.4. The molecule has 6 nitrogen and oxygen atoms in total. The molecule has 0 bridgehead atoms. The number of ketones is 1. The number of Topliss-reactive ketones (excluding diaryl/α,β-unsaturated/α-hetero) is 1. The lowest BCUT2D eigenvalue weighted by Gasteiger charge is -2.54. The first-order valence-corrected chi connectivity index (χ1v) is 17.7. The van der Waals surface area contributed by atoms with Crippen molar-refractivity contribution in [1.29, 1.82) is 0 Å². The Hall–Kier alpha value is -4.03. The Morgan fingerprint density at radius 2 is 1.45 bits per heavy atom. The van der Waals surface area contributed by atoms with Crippen molar-refractivity contribution in [2.24, 2.45) is 23.7 Å². The van der Waals surface area contributed by atoms with Crippen LogP contribution in [0, 0.1) is 23.7 Å². The number of aliphatic hydroxyl groups is 1. The van der Waals surface area contributed by atoms with Crippen molar-refractivity contribution in [3.05, 3.63) is 81.9 Å². The normalized spacial score (nSPS) is 36.3. The number of nitrogens with one attached hydrogen (secondary N) is 4. The summed E-state index contributed by atoms with van der Waals surface area (Å²) < 4.78 is 0. The smallest absolute Gasteiger partial charge is 0.201 e. The molecule has 6 heteroatoms. The summed E-state index contributed by atoms with van der Waals surface area (Å²) in [6, 6.07) is 14.6. The van der Waals surface area contributed by atoms with Gasteiger partial charge in [-0.05, 0) is 85.8 Å². The number of carbonyl (C=O) groups is 1. The van der Waals surface area contributed by atoms with Crippen LogP contribution in [-0.4, -0.2) is 22.2 Å². The Morgan fingerprint density at radius 3 is 2.15 bits per heavy atom. The molecular formula is C41H46N4O2. The third-order valence-electron chi connectivity index (χ3n) is 12.0. The molecule has 6 aliphatic rings. The van der Waals surface area contributed by atoms with Crippen LogP contribution in [0.3, 0.4) is 0 Å². The van der Waals surface area contributed by atoms with Gasteiger partial charge in [-0.25, -0.2) is 0 Å². The van der Waals surface area contributed by atoms with Crippen LogP contribution in [0.1, 0.15) is 84.3 Å². The van der Waals surface area contributed by atoms with E-state index in [0.29, 0.717) is 34.8 Å². The number of benzene rings is 3. The van der Waals surface area contributed by atoms with E-state index in [2.05, 4.69) is 104 Å². The summed E-state index contributed by atoms with van der Waals surface area (Å²) in [6.07, 6.45) is 13.0. The van der Waals surface area contributed by atoms with E-state index in [1.807, 2.05) is 12.1 Å². The Morgan fingerprint density at radius 1 is 0.766 bits per heavy atom. The molecule has 2 aliphatic heterocycles. The minimum atomic E-state index is -0.384. The lowest BCUT2D eigenvalue weighted by molar-refractivity contribution is -0.109. The Bertz CT molecular complexity index is 2070. The number of carbonyl (C=O) groups excluding carboxylic acids is 1. The van der Waals surface area contributed by atoms with E-state index in [0.717, 1.165) is 75.1 Å². The second-order valence-corrected chi connectivity index (χ2v) is 16.4. The van der Waals surface area contributed by atoms with E-state index in [-0.39, 0.29) is 28.4 Å². The van der Waals surface area contributed by atoms with E-state index < -0.39 is 0 Å². The minimum absolute atomic E-state index is 0.0934. The average molecular weight is 627 g/mol. The van der Waals surface area contributed by atoms with E-state index >= 15 is 0 Å². The first kappa shape index (κ1) is 29.1. The van der Waals surface area contributed by atoms with Gasteiger partial charge < -0.3 is 21.1 Å². The molecule has 242 valence electrons. The number of hydrogen-bond donors (Lipinski definition) is 5. The first-order chi connectivity index (χ1) is 22.5. The fourth-order valence-corrected chi connectivity index (χ4v) is 10.9. The van der Waals surface area contributed by atoms with Crippen LogP contribution in [0.15, 0.2) is 60.4 Å². The highest BCUT2D eigenvalue weighted by molar-refractivity contribution is 6.52. The summed E-state index contributed by atoms with van der Waals surface area (Å²) in [5, 5.41) is 31.9. The summed E-state index contributed by atoms with van der Waals surface area (Å²) >= 11 is 0. The zero-order valence-corrected chi connectivity index (χ0v) is 28.2. The SMILES string of the molecule is CC1CC(C)CC2(C1)Nc1cccc3ccc(C4=C(O)/C(=c5/ccc6c7c5NC5(CC(C)CC(C)C5)NC7(C)C=CC=6)C4=O)c(c13)N2. The van der Waals surface area contributed by atoms with Crippen LogP contribution in [0.2, 0.25) is 0 Å². The zero-order chi connectivity index (χ0) is 32.5. The van der Waals surface area contributed by atoms with Gasteiger partial charge >= 0.3 is 0 Å². The third kappa shape index (κ3) is 4.23. The summed E-state index contributed by atoms with van der Waals surface area (Å²) in [7, 11) is 0. The topological polar surface area (TPSA) is 85.4 Å². The molecule has 47 heavy (non-hydrogen) atoms. The molecular weight excluding hydrogens is 580 g/mol. The minimum Gasteiger partial charge on any atom is -0.506 e. The molecule has 4 aliphatic carbocycles. The van der Waals surface area contributed by atoms with Crippen LogP contribution in [0.25, 0.3) is 28.0 Å². The van der Waals surface area contributed by atoms with Gasteiger partial charge in [0.25, 0.3) is 0 Å². The molecule has 5 atom stereocenters. The summed E-state index contributed by atoms with van der Waals surface area (Å²) in [5.74, 6) is 2.29. The maximum absolute atomic E-state index is 14.5. The second kappa shape index (κ2) is 9.76. The van der Waals surface area contributed by atoms with Crippen molar-refractivity contribution < 1.29 is 9.90 Å². The first-order valence-electron chi connectivity index (χ1n) is 17.7. The van der Waals surface area contributed by atoms with Gasteiger partial charge in [0, 0.05) is 33.1 Å². The van der Waals surface area contributed by atoms with E-state index in [9.17, 15) is 9.90 Å². The molecule has 0 aromatic heterocycles. The average Bonchev–Trinajstić information content (AvgIpc) is 2.98. The van der Waals surface area contributed by atoms with Crippen molar-refractivity contribution in [3.63, 3.8) is 0 Å². The van der Waals surface area contributed by atoms with Crippen LogP contribution >= 0.6 is 0 Å². The van der Waals surface area contributed by atoms with E-state index in [1.54, 1.807) is 0 Å². The molecule has 9 rings (SSSR count). The van der Waals surface area contributed by atoms with Crippen molar-refractivity contribution in [3.8, 4) is 0 Å².